The van der Waals surface area contributed by atoms with E-state index in [1.54, 1.807) is 0 Å². The van der Waals surface area contributed by atoms with E-state index in [9.17, 15) is 18.0 Å². The van der Waals surface area contributed by atoms with Gasteiger partial charge < -0.3 is 20.6 Å². The summed E-state index contributed by atoms with van der Waals surface area (Å²) in [6.07, 6.45) is -5.08. The molecule has 2 fully saturated rings. The molecule has 0 bridgehead atoms. The number of rotatable bonds is 3. The highest BCUT2D eigenvalue weighted by atomic mass is 19.4. The Labute approximate surface area is 176 Å². The van der Waals surface area contributed by atoms with Gasteiger partial charge in [-0.25, -0.2) is 4.79 Å². The second-order valence-electron chi connectivity index (χ2n) is 7.42. The van der Waals surface area contributed by atoms with Crippen molar-refractivity contribution in [2.45, 2.75) is 13.1 Å². The van der Waals surface area contributed by atoms with Crippen molar-refractivity contribution in [3.05, 3.63) is 36.4 Å². The van der Waals surface area contributed by atoms with Gasteiger partial charge in [0, 0.05) is 44.4 Å². The van der Waals surface area contributed by atoms with Crippen LogP contribution >= 0.6 is 0 Å². The quantitative estimate of drug-likeness (QED) is 0.677. The van der Waals surface area contributed by atoms with Gasteiger partial charge in [0.15, 0.2) is 5.82 Å². The molecule has 31 heavy (non-hydrogen) atoms. The summed E-state index contributed by atoms with van der Waals surface area (Å²) in [5, 5.41) is 22.1. The second-order valence-corrected chi connectivity index (χ2v) is 7.42. The van der Waals surface area contributed by atoms with Gasteiger partial charge in [0.05, 0.1) is 5.69 Å². The van der Waals surface area contributed by atoms with Crippen LogP contribution in [0.25, 0.3) is 11.3 Å². The van der Waals surface area contributed by atoms with Gasteiger partial charge in [-0.2, -0.15) is 13.2 Å². The fraction of sp³-hybridized carbons (Fsp3) is 0.400. The van der Waals surface area contributed by atoms with Crippen molar-refractivity contribution in [2.24, 2.45) is 11.8 Å². The average molecular weight is 437 g/mol. The number of aliphatic carboxylic acids is 1. The van der Waals surface area contributed by atoms with E-state index in [0.717, 1.165) is 60.8 Å². The number of nitrogens with one attached hydrogen (secondary N) is 2. The molecule has 0 spiro atoms. The summed E-state index contributed by atoms with van der Waals surface area (Å²) in [5.74, 6) is -0.381. The highest BCUT2D eigenvalue weighted by Gasteiger charge is 2.38. The molecule has 2 unspecified atom stereocenters. The summed E-state index contributed by atoms with van der Waals surface area (Å²) in [6, 6.07) is 11.7. The fourth-order valence-corrected chi connectivity index (χ4v) is 3.62. The lowest BCUT2D eigenvalue weighted by molar-refractivity contribution is -0.192. The Bertz CT molecular complexity index is 907. The van der Waals surface area contributed by atoms with Gasteiger partial charge in [-0.3, -0.25) is 4.79 Å². The van der Waals surface area contributed by atoms with Gasteiger partial charge in [0.25, 0.3) is 0 Å². The Kier molecular flexibility index (Phi) is 6.74. The number of anilines is 2. The monoisotopic (exact) mass is 437 g/mol. The van der Waals surface area contributed by atoms with E-state index in [1.807, 2.05) is 30.3 Å². The summed E-state index contributed by atoms with van der Waals surface area (Å²) in [4.78, 5) is 22.3. The lowest BCUT2D eigenvalue weighted by atomic mass is 10.0. The third-order valence-electron chi connectivity index (χ3n) is 5.11. The second kappa shape index (κ2) is 9.29. The molecule has 2 atom stereocenters. The number of amides is 1. The highest BCUT2D eigenvalue weighted by molar-refractivity contribution is 5.88. The minimum Gasteiger partial charge on any atom is -0.475 e. The Morgan fingerprint density at radius 1 is 1.06 bits per heavy atom. The molecule has 2 saturated heterocycles. The molecular formula is C20H22F3N5O3. The smallest absolute Gasteiger partial charge is 0.475 e. The van der Waals surface area contributed by atoms with Gasteiger partial charge in [-0.05, 0) is 36.1 Å². The van der Waals surface area contributed by atoms with Crippen LogP contribution in [-0.2, 0) is 9.59 Å². The number of hydrogen-bond acceptors (Lipinski definition) is 6. The summed E-state index contributed by atoms with van der Waals surface area (Å²) in [7, 11) is 0. The molecule has 2 aliphatic rings. The van der Waals surface area contributed by atoms with Crippen LogP contribution in [0.5, 0.6) is 0 Å². The molecule has 0 aliphatic carbocycles. The number of fused-ring (bicyclic) bond motifs is 1. The Morgan fingerprint density at radius 2 is 1.65 bits per heavy atom. The summed E-state index contributed by atoms with van der Waals surface area (Å²) < 4.78 is 31.7. The molecule has 2 aromatic rings. The maximum absolute atomic E-state index is 11.1. The number of benzene rings is 1. The van der Waals surface area contributed by atoms with Gasteiger partial charge in [0.1, 0.15) is 0 Å². The largest absolute Gasteiger partial charge is 0.490 e. The molecule has 1 amide bonds. The summed E-state index contributed by atoms with van der Waals surface area (Å²) in [5.41, 5.74) is 2.62. The maximum atomic E-state index is 11.1. The standard InChI is InChI=1S/C18H21N5O.C2HF3O2/c1-12(24)20-16-4-2-13(3-5-16)17-6-7-18(22-21-17)23-10-14-8-19-9-15(14)11-23;3-2(4,5)1(6)7/h2-7,14-15,19H,8-11H2,1H3,(H,20,24);(H,6,7). The van der Waals surface area contributed by atoms with E-state index in [-0.39, 0.29) is 5.91 Å². The fourth-order valence-electron chi connectivity index (χ4n) is 3.62. The van der Waals surface area contributed by atoms with Crippen molar-refractivity contribution in [1.82, 2.24) is 15.5 Å². The van der Waals surface area contributed by atoms with Crippen LogP contribution in [0.2, 0.25) is 0 Å². The van der Waals surface area contributed by atoms with Crippen LogP contribution in [0, 0.1) is 11.8 Å². The number of aromatic nitrogens is 2. The van der Waals surface area contributed by atoms with Crippen LogP contribution < -0.4 is 15.5 Å². The van der Waals surface area contributed by atoms with Gasteiger partial charge >= 0.3 is 12.1 Å². The Morgan fingerprint density at radius 3 is 2.10 bits per heavy atom. The van der Waals surface area contributed by atoms with Gasteiger partial charge in [0.2, 0.25) is 5.91 Å². The number of carboxylic acid groups (broad SMARTS) is 1. The Hall–Kier alpha value is -3.21. The molecule has 0 saturated carbocycles. The number of nitrogens with zero attached hydrogens (tertiary/aromatic N) is 3. The first-order valence-electron chi connectivity index (χ1n) is 9.61. The minimum absolute atomic E-state index is 0.0718. The molecule has 8 nitrogen and oxygen atoms in total. The van der Waals surface area contributed by atoms with Crippen molar-refractivity contribution in [1.29, 1.82) is 0 Å². The molecule has 1 aromatic carbocycles. The SMILES string of the molecule is CC(=O)Nc1ccc(-c2ccc(N3CC4CNCC4C3)nn2)cc1.O=C(O)C(F)(F)F. The number of alkyl halides is 3. The first-order chi connectivity index (χ1) is 14.6. The lowest BCUT2D eigenvalue weighted by Crippen LogP contribution is -2.26. The van der Waals surface area contributed by atoms with E-state index in [1.165, 1.54) is 6.92 Å². The van der Waals surface area contributed by atoms with Crippen LogP contribution in [0.3, 0.4) is 0 Å². The topological polar surface area (TPSA) is 107 Å². The number of halogens is 3. The number of carbonyl (C=O) groups excluding carboxylic acids is 1. The molecule has 11 heteroatoms. The average Bonchev–Trinajstić information content (AvgIpc) is 3.30. The predicted octanol–water partition coefficient (Wildman–Crippen LogP) is 2.39. The van der Waals surface area contributed by atoms with E-state index in [0.29, 0.717) is 0 Å². The van der Waals surface area contributed by atoms with Gasteiger partial charge in [-0.15, -0.1) is 10.2 Å². The Balaban J connectivity index is 0.000000339. The summed E-state index contributed by atoms with van der Waals surface area (Å²) >= 11 is 0. The van der Waals surface area contributed by atoms with Crippen LogP contribution in [0.1, 0.15) is 6.92 Å². The normalized spacial score (nSPS) is 19.9. The first kappa shape index (κ1) is 22.5. The van der Waals surface area contributed by atoms with Crippen molar-refractivity contribution in [3.63, 3.8) is 0 Å². The third kappa shape index (κ3) is 5.91. The minimum atomic E-state index is -5.08. The number of carboxylic acids is 1. The molecule has 3 heterocycles. The van der Waals surface area contributed by atoms with E-state index < -0.39 is 12.1 Å². The van der Waals surface area contributed by atoms with Crippen LogP contribution in [0.4, 0.5) is 24.7 Å². The van der Waals surface area contributed by atoms with E-state index in [4.69, 9.17) is 9.90 Å². The molecular weight excluding hydrogens is 415 g/mol. The zero-order chi connectivity index (χ0) is 22.6. The van der Waals surface area contributed by atoms with E-state index in [2.05, 4.69) is 31.8 Å². The van der Waals surface area contributed by atoms with Gasteiger partial charge in [-0.1, -0.05) is 12.1 Å². The van der Waals surface area contributed by atoms with Crippen molar-refractivity contribution in [3.8, 4) is 11.3 Å². The zero-order valence-corrected chi connectivity index (χ0v) is 16.7. The molecule has 0 radical (unpaired) electrons. The predicted molar refractivity (Wildman–Crippen MR) is 108 cm³/mol. The molecule has 4 rings (SSSR count). The molecule has 1 aromatic heterocycles. The summed E-state index contributed by atoms with van der Waals surface area (Å²) in [6.45, 7) is 5.87. The first-order valence-corrected chi connectivity index (χ1v) is 9.61. The van der Waals surface area contributed by atoms with Crippen molar-refractivity contribution in [2.75, 3.05) is 36.4 Å². The molecule has 2 aliphatic heterocycles. The highest BCUT2D eigenvalue weighted by Crippen LogP contribution is 2.29. The van der Waals surface area contributed by atoms with Crippen LogP contribution in [0.15, 0.2) is 36.4 Å². The maximum Gasteiger partial charge on any atom is 0.490 e. The lowest BCUT2D eigenvalue weighted by Gasteiger charge is -2.17. The zero-order valence-electron chi connectivity index (χ0n) is 16.7. The van der Waals surface area contributed by atoms with Crippen LogP contribution in [-0.4, -0.2) is 59.5 Å². The van der Waals surface area contributed by atoms with E-state index >= 15 is 0 Å². The van der Waals surface area contributed by atoms with Crippen molar-refractivity contribution < 1.29 is 27.9 Å². The third-order valence-corrected chi connectivity index (χ3v) is 5.11. The molecule has 166 valence electrons. The molecule has 3 N–H and O–H groups in total. The number of carbonyl (C=O) groups is 2. The van der Waals surface area contributed by atoms with Crippen molar-refractivity contribution >= 4 is 23.4 Å². The number of hydrogen-bond donors (Lipinski definition) is 3.